The molecule has 0 aliphatic carbocycles. The van der Waals surface area contributed by atoms with Crippen LogP contribution < -0.4 is 0 Å². The van der Waals surface area contributed by atoms with E-state index < -0.39 is 5.82 Å². The highest BCUT2D eigenvalue weighted by atomic mass is 19.1. The molecule has 0 fully saturated rings. The summed E-state index contributed by atoms with van der Waals surface area (Å²) in [6, 6.07) is 12.9. The molecule has 7 heteroatoms. The summed E-state index contributed by atoms with van der Waals surface area (Å²) >= 11 is 0. The van der Waals surface area contributed by atoms with E-state index in [1.54, 1.807) is 24.7 Å². The van der Waals surface area contributed by atoms with E-state index in [4.69, 9.17) is 5.11 Å². The predicted molar refractivity (Wildman–Crippen MR) is 123 cm³/mol. The molecule has 1 aromatic carbocycles. The van der Waals surface area contributed by atoms with E-state index in [-0.39, 0.29) is 12.4 Å². The Morgan fingerprint density at radius 3 is 2.59 bits per heavy atom. The first-order chi connectivity index (χ1) is 15.5. The number of nitrogens with zero attached hydrogens (tertiary/aromatic N) is 3. The Morgan fingerprint density at radius 1 is 1.09 bits per heavy atom. The van der Waals surface area contributed by atoms with Crippen molar-refractivity contribution in [2.45, 2.75) is 13.5 Å². The van der Waals surface area contributed by atoms with E-state index in [2.05, 4.69) is 26.5 Å². The minimum absolute atomic E-state index is 0.167. The zero-order valence-electron chi connectivity index (χ0n) is 17.4. The molecular formula is C25H21FN4O2. The number of allylic oxidation sites excluding steroid dienone is 1. The molecule has 4 heterocycles. The quantitative estimate of drug-likeness (QED) is 0.328. The third-order valence-electron chi connectivity index (χ3n) is 4.87. The average molecular weight is 428 g/mol. The Bertz CT molecular complexity index is 1410. The van der Waals surface area contributed by atoms with Crippen molar-refractivity contribution in [2.24, 2.45) is 0 Å². The van der Waals surface area contributed by atoms with Gasteiger partial charge in [0.2, 0.25) is 0 Å². The molecule has 3 N–H and O–H groups in total. The van der Waals surface area contributed by atoms with Crippen molar-refractivity contribution in [3.8, 4) is 22.4 Å². The Morgan fingerprint density at radius 2 is 1.88 bits per heavy atom. The Balaban J connectivity index is 0.000000567. The fourth-order valence-corrected chi connectivity index (χ4v) is 3.57. The van der Waals surface area contributed by atoms with Gasteiger partial charge >= 0.3 is 0 Å². The number of benzene rings is 1. The molecule has 160 valence electrons. The summed E-state index contributed by atoms with van der Waals surface area (Å²) < 4.78 is 15.0. The van der Waals surface area contributed by atoms with E-state index >= 15 is 0 Å². The van der Waals surface area contributed by atoms with Crippen LogP contribution in [0.2, 0.25) is 0 Å². The summed E-state index contributed by atoms with van der Waals surface area (Å²) in [5, 5.41) is 19.1. The molecule has 6 nitrogen and oxygen atoms in total. The monoisotopic (exact) mass is 428 g/mol. The summed E-state index contributed by atoms with van der Waals surface area (Å²) in [7, 11) is 0. The third-order valence-corrected chi connectivity index (χ3v) is 4.87. The highest BCUT2D eigenvalue weighted by molar-refractivity contribution is 6.13. The number of aromatic nitrogens is 4. The van der Waals surface area contributed by atoms with Crippen LogP contribution in [0.15, 0.2) is 79.6 Å². The van der Waals surface area contributed by atoms with Gasteiger partial charge in [-0.15, -0.1) is 0 Å². The molecule has 0 spiro atoms. The largest absolute Gasteiger partial charge is 0.513 e. The van der Waals surface area contributed by atoms with Crippen molar-refractivity contribution in [3.05, 3.63) is 91.0 Å². The molecular weight excluding hydrogens is 407 g/mol. The van der Waals surface area contributed by atoms with Crippen molar-refractivity contribution in [2.75, 3.05) is 0 Å². The molecule has 0 bridgehead atoms. The molecule has 0 aliphatic rings. The summed E-state index contributed by atoms with van der Waals surface area (Å²) in [6.45, 7) is 4.46. The van der Waals surface area contributed by atoms with Crippen LogP contribution in [0.3, 0.4) is 0 Å². The number of aromatic amines is 1. The molecule has 5 rings (SSSR count). The van der Waals surface area contributed by atoms with Gasteiger partial charge in [0, 0.05) is 34.3 Å². The average Bonchev–Trinajstić information content (AvgIpc) is 3.17. The van der Waals surface area contributed by atoms with Gasteiger partial charge in [-0.3, -0.25) is 9.97 Å². The summed E-state index contributed by atoms with van der Waals surface area (Å²) in [5.41, 5.74) is 4.69. The highest BCUT2D eigenvalue weighted by Gasteiger charge is 2.18. The van der Waals surface area contributed by atoms with Crippen molar-refractivity contribution in [3.63, 3.8) is 0 Å². The minimum Gasteiger partial charge on any atom is -0.513 e. The maximum Gasteiger partial charge on any atom is 0.150 e. The van der Waals surface area contributed by atoms with Crippen LogP contribution in [0.5, 0.6) is 0 Å². The SMILES string of the molecule is C=C(C)O.OCc1ccccc1-c1c(F)cnc2[nH]c3cnc(-c4cccnc4)cc3c12. The van der Waals surface area contributed by atoms with Gasteiger partial charge in [0.15, 0.2) is 0 Å². The zero-order valence-corrected chi connectivity index (χ0v) is 17.4. The van der Waals surface area contributed by atoms with Crippen LogP contribution in [0.25, 0.3) is 44.3 Å². The van der Waals surface area contributed by atoms with E-state index in [0.29, 0.717) is 27.7 Å². The maximum atomic E-state index is 15.0. The first kappa shape index (κ1) is 21.1. The van der Waals surface area contributed by atoms with Gasteiger partial charge in [0.1, 0.15) is 11.5 Å². The lowest BCUT2D eigenvalue weighted by molar-refractivity contribution is 0.282. The topological polar surface area (TPSA) is 94.9 Å². The zero-order chi connectivity index (χ0) is 22.7. The standard InChI is InChI=1S/C22H15FN4O.C3H6O/c23-17-10-26-22-21(20(17)15-6-2-1-4-14(15)12-28)16-8-18(25-11-19(16)27-22)13-5-3-7-24-9-13;1-3(2)4/h1-11,28H,12H2,(H,26,27);4H,1H2,2H3. The van der Waals surface area contributed by atoms with Gasteiger partial charge in [-0.05, 0) is 36.2 Å². The fourth-order valence-electron chi connectivity index (χ4n) is 3.57. The number of hydrogen-bond donors (Lipinski definition) is 3. The molecule has 0 amide bonds. The number of pyridine rings is 3. The van der Waals surface area contributed by atoms with E-state index in [1.165, 1.54) is 13.1 Å². The van der Waals surface area contributed by atoms with Crippen molar-refractivity contribution < 1.29 is 14.6 Å². The van der Waals surface area contributed by atoms with Crippen LogP contribution in [0.4, 0.5) is 4.39 Å². The third kappa shape index (κ3) is 4.06. The predicted octanol–water partition coefficient (Wildman–Crippen LogP) is 5.55. The van der Waals surface area contributed by atoms with Gasteiger partial charge in [0.05, 0.1) is 36.0 Å². The van der Waals surface area contributed by atoms with Crippen LogP contribution >= 0.6 is 0 Å². The fraction of sp³-hybridized carbons (Fsp3) is 0.0800. The molecule has 0 unspecified atom stereocenters. The molecule has 0 saturated carbocycles. The number of halogens is 1. The van der Waals surface area contributed by atoms with E-state index in [9.17, 15) is 9.50 Å². The van der Waals surface area contributed by atoms with Crippen LogP contribution in [0, 0.1) is 5.82 Å². The molecule has 0 radical (unpaired) electrons. The number of nitrogens with one attached hydrogen (secondary N) is 1. The van der Waals surface area contributed by atoms with Crippen LogP contribution in [-0.2, 0) is 6.61 Å². The molecule has 5 aromatic rings. The minimum atomic E-state index is -0.436. The number of hydrogen-bond acceptors (Lipinski definition) is 5. The van der Waals surface area contributed by atoms with Crippen molar-refractivity contribution >= 4 is 21.9 Å². The lowest BCUT2D eigenvalue weighted by Crippen LogP contribution is -1.94. The summed E-state index contributed by atoms with van der Waals surface area (Å²) in [6.07, 6.45) is 6.37. The Hall–Kier alpha value is -4.10. The summed E-state index contributed by atoms with van der Waals surface area (Å²) in [5.74, 6) is -0.269. The molecule has 0 atom stereocenters. The number of rotatable bonds is 3. The first-order valence-electron chi connectivity index (χ1n) is 9.89. The second kappa shape index (κ2) is 8.95. The summed E-state index contributed by atoms with van der Waals surface area (Å²) in [4.78, 5) is 16.1. The molecule has 0 saturated heterocycles. The number of aliphatic hydroxyl groups excluding tert-OH is 2. The number of fused-ring (bicyclic) bond motifs is 3. The Kier molecular flexibility index (Phi) is 5.91. The maximum absolute atomic E-state index is 15.0. The molecule has 4 aromatic heterocycles. The highest BCUT2D eigenvalue weighted by Crippen LogP contribution is 2.37. The molecule has 32 heavy (non-hydrogen) atoms. The second-order valence-corrected chi connectivity index (χ2v) is 7.24. The normalized spacial score (nSPS) is 10.7. The lowest BCUT2D eigenvalue weighted by atomic mass is 9.96. The Labute approximate surface area is 183 Å². The van der Waals surface area contributed by atoms with Crippen LogP contribution in [-0.4, -0.2) is 30.1 Å². The smallest absolute Gasteiger partial charge is 0.150 e. The van der Waals surface area contributed by atoms with Gasteiger partial charge < -0.3 is 15.2 Å². The second-order valence-electron chi connectivity index (χ2n) is 7.24. The van der Waals surface area contributed by atoms with Gasteiger partial charge in [-0.2, -0.15) is 0 Å². The van der Waals surface area contributed by atoms with E-state index in [1.807, 2.05) is 36.4 Å². The van der Waals surface area contributed by atoms with Gasteiger partial charge in [-0.1, -0.05) is 30.8 Å². The van der Waals surface area contributed by atoms with Crippen LogP contribution in [0.1, 0.15) is 12.5 Å². The lowest BCUT2D eigenvalue weighted by Gasteiger charge is -2.10. The molecule has 0 aliphatic heterocycles. The van der Waals surface area contributed by atoms with E-state index in [0.717, 1.165) is 22.2 Å². The van der Waals surface area contributed by atoms with Crippen molar-refractivity contribution in [1.29, 1.82) is 0 Å². The van der Waals surface area contributed by atoms with Gasteiger partial charge in [-0.25, -0.2) is 9.37 Å². The first-order valence-corrected chi connectivity index (χ1v) is 9.89. The number of H-pyrrole nitrogens is 1. The van der Waals surface area contributed by atoms with Gasteiger partial charge in [0.25, 0.3) is 0 Å². The van der Waals surface area contributed by atoms with Crippen molar-refractivity contribution in [1.82, 2.24) is 19.9 Å². The number of aliphatic hydroxyl groups is 2.